The van der Waals surface area contributed by atoms with Crippen molar-refractivity contribution in [2.24, 2.45) is 7.05 Å². The highest BCUT2D eigenvalue weighted by atomic mass is 19.4. The third-order valence-electron chi connectivity index (χ3n) is 6.97. The van der Waals surface area contributed by atoms with Crippen LogP contribution in [0.3, 0.4) is 0 Å². The second kappa shape index (κ2) is 10.6. The molecule has 0 bridgehead atoms. The van der Waals surface area contributed by atoms with Crippen molar-refractivity contribution in [1.82, 2.24) is 29.7 Å². The summed E-state index contributed by atoms with van der Waals surface area (Å²) in [5.41, 5.74) is 5.00. The van der Waals surface area contributed by atoms with Crippen LogP contribution in [0.15, 0.2) is 48.8 Å². The molecule has 0 saturated carbocycles. The number of nitrogens with one attached hydrogen (secondary N) is 1. The van der Waals surface area contributed by atoms with Gasteiger partial charge in [-0.05, 0) is 50.7 Å². The first kappa shape index (κ1) is 27.2. The maximum atomic E-state index is 13.3. The normalized spacial score (nSPS) is 14.4. The lowest BCUT2D eigenvalue weighted by atomic mass is 10.1. The zero-order chi connectivity index (χ0) is 28.6. The van der Waals surface area contributed by atoms with E-state index in [-0.39, 0.29) is 5.56 Å². The summed E-state index contributed by atoms with van der Waals surface area (Å²) in [4.78, 5) is 17.3. The Bertz CT molecular complexity index is 1540. The van der Waals surface area contributed by atoms with Gasteiger partial charge in [-0.2, -0.15) is 5.10 Å². The van der Waals surface area contributed by atoms with E-state index >= 15 is 0 Å². The molecule has 5 rings (SSSR count). The number of hydrogen-bond donors (Lipinski definition) is 1. The minimum absolute atomic E-state index is 0.0490. The lowest BCUT2D eigenvalue weighted by Crippen LogP contribution is -2.44. The smallest absolute Gasteiger partial charge is 0.406 e. The Balaban J connectivity index is 1.41. The molecule has 1 aliphatic heterocycles. The van der Waals surface area contributed by atoms with E-state index in [2.05, 4.69) is 30.4 Å². The van der Waals surface area contributed by atoms with Gasteiger partial charge in [-0.1, -0.05) is 11.3 Å². The molecule has 0 unspecified atom stereocenters. The molecule has 1 saturated heterocycles. The summed E-state index contributed by atoms with van der Waals surface area (Å²) in [5, 5.41) is 15.6. The van der Waals surface area contributed by atoms with Crippen molar-refractivity contribution < 1.29 is 22.7 Å². The topological polar surface area (TPSA) is 93.3 Å². The number of nitrogens with zero attached hydrogens (tertiary/aromatic N) is 7. The molecule has 0 radical (unpaired) electrons. The van der Waals surface area contributed by atoms with E-state index in [4.69, 9.17) is 0 Å². The van der Waals surface area contributed by atoms with Crippen molar-refractivity contribution in [1.29, 1.82) is 0 Å². The van der Waals surface area contributed by atoms with Gasteiger partial charge in [0.25, 0.3) is 5.91 Å². The van der Waals surface area contributed by atoms with Crippen LogP contribution in [0.2, 0.25) is 0 Å². The van der Waals surface area contributed by atoms with Gasteiger partial charge in [0.2, 0.25) is 0 Å². The predicted octanol–water partition coefficient (Wildman–Crippen LogP) is 4.19. The second-order valence-corrected chi connectivity index (χ2v) is 9.82. The van der Waals surface area contributed by atoms with Crippen LogP contribution in [-0.2, 0) is 7.05 Å². The van der Waals surface area contributed by atoms with Gasteiger partial charge in [-0.25, -0.2) is 4.68 Å². The molecule has 2 aromatic heterocycles. The molecular formula is C27H29F3N8O2. The average Bonchev–Trinajstić information content (AvgIpc) is 3.51. The summed E-state index contributed by atoms with van der Waals surface area (Å²) in [6.07, 6.45) is -1.39. The molecule has 0 atom stereocenters. The number of carbonyl (C=O) groups is 1. The van der Waals surface area contributed by atoms with Crippen molar-refractivity contribution in [2.45, 2.75) is 20.2 Å². The zero-order valence-electron chi connectivity index (χ0n) is 22.5. The van der Waals surface area contributed by atoms with Gasteiger partial charge in [0.1, 0.15) is 11.4 Å². The van der Waals surface area contributed by atoms with Crippen LogP contribution in [0.5, 0.6) is 5.75 Å². The lowest BCUT2D eigenvalue weighted by Gasteiger charge is -2.34. The van der Waals surface area contributed by atoms with E-state index < -0.39 is 18.0 Å². The van der Waals surface area contributed by atoms with Gasteiger partial charge >= 0.3 is 6.36 Å². The fourth-order valence-corrected chi connectivity index (χ4v) is 4.55. The van der Waals surface area contributed by atoms with Gasteiger partial charge < -0.3 is 19.9 Å². The van der Waals surface area contributed by atoms with E-state index in [0.717, 1.165) is 36.0 Å². The Hall–Kier alpha value is -4.39. The first-order valence-electron chi connectivity index (χ1n) is 12.6. The van der Waals surface area contributed by atoms with E-state index in [0.29, 0.717) is 35.8 Å². The number of hydrogen-bond acceptors (Lipinski definition) is 7. The number of piperazine rings is 1. The third-order valence-corrected chi connectivity index (χ3v) is 6.97. The molecule has 13 heteroatoms. The van der Waals surface area contributed by atoms with Crippen molar-refractivity contribution in [2.75, 3.05) is 43.4 Å². The lowest BCUT2D eigenvalue weighted by molar-refractivity contribution is -0.274. The molecule has 1 N–H and O–H groups in total. The standard InChI is InChI=1S/C27H29F3N8O2/c1-17-5-6-20(13-25(17)38-16-24(33-34-38)23-15-31-36(4)18(23)2)32-26(39)19-11-21(37-9-7-35(3)8-10-37)14-22(12-19)40-27(28,29)30/h5-6,11-16H,7-10H2,1-4H3,(H,32,39). The van der Waals surface area contributed by atoms with Crippen molar-refractivity contribution >= 4 is 17.3 Å². The van der Waals surface area contributed by atoms with E-state index in [1.807, 2.05) is 38.9 Å². The van der Waals surface area contributed by atoms with Gasteiger partial charge in [0, 0.05) is 67.5 Å². The quantitative estimate of drug-likeness (QED) is 0.382. The van der Waals surface area contributed by atoms with Crippen molar-refractivity contribution in [3.63, 3.8) is 0 Å². The Morgan fingerprint density at radius 3 is 2.45 bits per heavy atom. The Kier molecular flexibility index (Phi) is 7.23. The maximum absolute atomic E-state index is 13.3. The second-order valence-electron chi connectivity index (χ2n) is 9.82. The summed E-state index contributed by atoms with van der Waals surface area (Å²) < 4.78 is 46.7. The summed E-state index contributed by atoms with van der Waals surface area (Å²) in [5.74, 6) is -1.01. The Morgan fingerprint density at radius 1 is 1.02 bits per heavy atom. The Morgan fingerprint density at radius 2 is 1.77 bits per heavy atom. The van der Waals surface area contributed by atoms with Gasteiger partial charge in [-0.15, -0.1) is 18.3 Å². The van der Waals surface area contributed by atoms with Crippen LogP contribution in [-0.4, -0.2) is 75.2 Å². The highest BCUT2D eigenvalue weighted by Gasteiger charge is 2.32. The van der Waals surface area contributed by atoms with E-state index in [1.165, 1.54) is 6.07 Å². The number of benzene rings is 2. The number of ether oxygens (including phenoxy) is 1. The highest BCUT2D eigenvalue weighted by molar-refractivity contribution is 6.05. The minimum atomic E-state index is -4.88. The van der Waals surface area contributed by atoms with Crippen LogP contribution >= 0.6 is 0 Å². The molecular weight excluding hydrogens is 525 g/mol. The van der Waals surface area contributed by atoms with Crippen LogP contribution in [0.1, 0.15) is 21.6 Å². The molecule has 3 heterocycles. The molecule has 40 heavy (non-hydrogen) atoms. The number of halogens is 3. The number of carbonyl (C=O) groups excluding carboxylic acids is 1. The molecule has 1 fully saturated rings. The van der Waals surface area contributed by atoms with Gasteiger partial charge in [0.15, 0.2) is 0 Å². The molecule has 210 valence electrons. The Labute approximate surface area is 228 Å². The summed E-state index contributed by atoms with van der Waals surface area (Å²) >= 11 is 0. The molecule has 0 aliphatic carbocycles. The fourth-order valence-electron chi connectivity index (χ4n) is 4.55. The van der Waals surface area contributed by atoms with Crippen LogP contribution < -0.4 is 15.0 Å². The number of anilines is 2. The molecule has 10 nitrogen and oxygen atoms in total. The molecule has 1 aliphatic rings. The third kappa shape index (κ3) is 5.93. The summed E-state index contributed by atoms with van der Waals surface area (Å²) in [6.45, 7) is 6.58. The van der Waals surface area contributed by atoms with Crippen molar-refractivity contribution in [3.8, 4) is 22.7 Å². The minimum Gasteiger partial charge on any atom is -0.406 e. The van der Waals surface area contributed by atoms with Crippen LogP contribution in [0, 0.1) is 13.8 Å². The first-order chi connectivity index (χ1) is 19.0. The van der Waals surface area contributed by atoms with Gasteiger partial charge in [0.05, 0.1) is 18.1 Å². The zero-order valence-corrected chi connectivity index (χ0v) is 22.5. The largest absolute Gasteiger partial charge is 0.573 e. The number of alkyl halides is 3. The van der Waals surface area contributed by atoms with Crippen molar-refractivity contribution in [3.05, 3.63) is 65.6 Å². The summed E-state index contributed by atoms with van der Waals surface area (Å²) in [6, 6.07) is 9.26. The first-order valence-corrected chi connectivity index (χ1v) is 12.6. The monoisotopic (exact) mass is 554 g/mol. The number of aryl methyl sites for hydroxylation is 2. The van der Waals surface area contributed by atoms with E-state index in [9.17, 15) is 18.0 Å². The van der Waals surface area contributed by atoms with Gasteiger partial charge in [-0.3, -0.25) is 9.48 Å². The highest BCUT2D eigenvalue weighted by Crippen LogP contribution is 2.30. The maximum Gasteiger partial charge on any atom is 0.573 e. The number of rotatable bonds is 6. The SMILES string of the molecule is Cc1ccc(NC(=O)c2cc(OC(F)(F)F)cc(N3CCN(C)CC3)c2)cc1-n1cc(-c2cnn(C)c2C)nn1. The fraction of sp³-hybridized carbons (Fsp3) is 0.333. The van der Waals surface area contributed by atoms with E-state index in [1.54, 1.807) is 40.0 Å². The number of aromatic nitrogens is 5. The number of amides is 1. The number of likely N-dealkylation sites (N-methyl/N-ethyl adjacent to an activating group) is 1. The van der Waals surface area contributed by atoms with Crippen LogP contribution in [0.25, 0.3) is 16.9 Å². The average molecular weight is 555 g/mol. The molecule has 2 aromatic carbocycles. The molecule has 0 spiro atoms. The van der Waals surface area contributed by atoms with Crippen LogP contribution in [0.4, 0.5) is 24.5 Å². The predicted molar refractivity (Wildman–Crippen MR) is 144 cm³/mol. The molecule has 1 amide bonds. The summed E-state index contributed by atoms with van der Waals surface area (Å²) in [7, 11) is 3.83. The molecule has 4 aromatic rings.